The largest absolute Gasteiger partial charge is 0.478 e. The Balaban J connectivity index is 1.23. The molecule has 31 heavy (non-hydrogen) atoms. The molecule has 0 radical (unpaired) electrons. The van der Waals surface area contributed by atoms with Gasteiger partial charge in [0, 0.05) is 44.5 Å². The number of nitrogens with one attached hydrogen (secondary N) is 2. The lowest BCUT2D eigenvalue weighted by Crippen LogP contribution is -2.47. The number of amides is 2. The van der Waals surface area contributed by atoms with E-state index in [-0.39, 0.29) is 17.6 Å². The highest BCUT2D eigenvalue weighted by Crippen LogP contribution is 2.33. The smallest absolute Gasteiger partial charge is 0.265 e. The molecule has 2 aromatic rings. The lowest BCUT2D eigenvalue weighted by atomic mass is 10.1. The van der Waals surface area contributed by atoms with Gasteiger partial charge in [-0.05, 0) is 61.9 Å². The quantitative estimate of drug-likeness (QED) is 0.743. The zero-order chi connectivity index (χ0) is 21.8. The summed E-state index contributed by atoms with van der Waals surface area (Å²) in [7, 11) is 0. The first-order chi connectivity index (χ1) is 15.0. The van der Waals surface area contributed by atoms with Crippen LogP contribution in [-0.2, 0) is 9.59 Å². The van der Waals surface area contributed by atoms with E-state index in [1.54, 1.807) is 18.2 Å². The Hall–Kier alpha value is -3.13. The van der Waals surface area contributed by atoms with E-state index in [1.807, 2.05) is 12.1 Å². The van der Waals surface area contributed by atoms with Crippen molar-refractivity contribution in [3.05, 3.63) is 48.3 Å². The van der Waals surface area contributed by atoms with Crippen LogP contribution < -0.4 is 20.3 Å². The maximum absolute atomic E-state index is 13.1. The zero-order valence-corrected chi connectivity index (χ0v) is 17.6. The molecule has 1 saturated heterocycles. The third-order valence-electron chi connectivity index (χ3n) is 5.62. The van der Waals surface area contributed by atoms with Gasteiger partial charge in [0.2, 0.25) is 5.91 Å². The fraction of sp³-hybridized carbons (Fsp3) is 0.391. The van der Waals surface area contributed by atoms with Gasteiger partial charge in [-0.15, -0.1) is 0 Å². The first kappa shape index (κ1) is 21.1. The Bertz CT molecular complexity index is 942. The van der Waals surface area contributed by atoms with Crippen LogP contribution in [-0.4, -0.2) is 55.5 Å². The van der Waals surface area contributed by atoms with Crippen molar-refractivity contribution in [1.29, 1.82) is 0 Å². The molecule has 1 unspecified atom stereocenters. The van der Waals surface area contributed by atoms with Crippen LogP contribution in [0.4, 0.5) is 21.5 Å². The van der Waals surface area contributed by atoms with Gasteiger partial charge in [0.15, 0.2) is 6.10 Å². The number of piperazine rings is 1. The molecule has 0 spiro atoms. The van der Waals surface area contributed by atoms with Crippen LogP contribution in [0.1, 0.15) is 19.8 Å². The van der Waals surface area contributed by atoms with E-state index in [0.29, 0.717) is 23.5 Å². The number of nitrogens with zero attached hydrogens (tertiary/aromatic N) is 2. The Morgan fingerprint density at radius 1 is 1.16 bits per heavy atom. The summed E-state index contributed by atoms with van der Waals surface area (Å²) >= 11 is 0. The predicted octanol–water partition coefficient (Wildman–Crippen LogP) is 3.09. The van der Waals surface area contributed by atoms with Crippen LogP contribution in [0.2, 0.25) is 0 Å². The molecular weight excluding hydrogens is 399 g/mol. The monoisotopic (exact) mass is 426 g/mol. The van der Waals surface area contributed by atoms with E-state index in [4.69, 9.17) is 4.74 Å². The molecule has 164 valence electrons. The predicted molar refractivity (Wildman–Crippen MR) is 118 cm³/mol. The molecule has 4 rings (SSSR count). The van der Waals surface area contributed by atoms with Gasteiger partial charge in [0.1, 0.15) is 11.6 Å². The van der Waals surface area contributed by atoms with Crippen LogP contribution in [0.25, 0.3) is 0 Å². The molecule has 1 fully saturated rings. The SMILES string of the molecule is CC(=O)Nc1ccc2c(c1)NC(=O)C(CCCN1CCN(c3ccc(F)cc3)CC1)O2. The van der Waals surface area contributed by atoms with Crippen molar-refractivity contribution in [1.82, 2.24) is 4.90 Å². The lowest BCUT2D eigenvalue weighted by molar-refractivity contribution is -0.123. The van der Waals surface area contributed by atoms with Crippen LogP contribution in [0.3, 0.4) is 0 Å². The summed E-state index contributed by atoms with van der Waals surface area (Å²) in [5.74, 6) is 0.0757. The molecule has 0 saturated carbocycles. The molecule has 2 amide bonds. The van der Waals surface area contributed by atoms with Crippen molar-refractivity contribution in [2.24, 2.45) is 0 Å². The molecule has 2 aliphatic heterocycles. The fourth-order valence-corrected chi connectivity index (χ4v) is 4.00. The van der Waals surface area contributed by atoms with E-state index < -0.39 is 6.10 Å². The van der Waals surface area contributed by atoms with Crippen LogP contribution in [0, 0.1) is 5.82 Å². The average molecular weight is 426 g/mol. The maximum Gasteiger partial charge on any atom is 0.265 e. The highest BCUT2D eigenvalue weighted by molar-refractivity contribution is 5.99. The van der Waals surface area contributed by atoms with Gasteiger partial charge in [-0.25, -0.2) is 4.39 Å². The number of fused-ring (bicyclic) bond motifs is 1. The molecule has 7 nitrogen and oxygen atoms in total. The highest BCUT2D eigenvalue weighted by atomic mass is 19.1. The molecule has 2 aliphatic rings. The number of anilines is 3. The maximum atomic E-state index is 13.1. The Kier molecular flexibility index (Phi) is 6.36. The number of hydrogen-bond acceptors (Lipinski definition) is 5. The zero-order valence-electron chi connectivity index (χ0n) is 17.6. The first-order valence-corrected chi connectivity index (χ1v) is 10.6. The second kappa shape index (κ2) is 9.34. The number of carbonyl (C=O) groups is 2. The summed E-state index contributed by atoms with van der Waals surface area (Å²) in [6.45, 7) is 6.01. The van der Waals surface area contributed by atoms with Crippen LogP contribution in [0.15, 0.2) is 42.5 Å². The molecular formula is C23H27FN4O3. The molecule has 1 atom stereocenters. The molecule has 8 heteroatoms. The van der Waals surface area contributed by atoms with Gasteiger partial charge in [0.05, 0.1) is 5.69 Å². The van der Waals surface area contributed by atoms with Crippen molar-refractivity contribution in [2.45, 2.75) is 25.9 Å². The van der Waals surface area contributed by atoms with Gasteiger partial charge in [-0.1, -0.05) is 0 Å². The van der Waals surface area contributed by atoms with Gasteiger partial charge in [0.25, 0.3) is 5.91 Å². The van der Waals surface area contributed by atoms with Crippen molar-refractivity contribution in [3.63, 3.8) is 0 Å². The Morgan fingerprint density at radius 3 is 2.61 bits per heavy atom. The van der Waals surface area contributed by atoms with Crippen LogP contribution in [0.5, 0.6) is 5.75 Å². The third-order valence-corrected chi connectivity index (χ3v) is 5.62. The number of carbonyl (C=O) groups excluding carboxylic acids is 2. The minimum Gasteiger partial charge on any atom is -0.478 e. The van der Waals surface area contributed by atoms with E-state index >= 15 is 0 Å². The van der Waals surface area contributed by atoms with Gasteiger partial charge in [-0.2, -0.15) is 0 Å². The number of halogens is 1. The first-order valence-electron chi connectivity index (χ1n) is 10.6. The Morgan fingerprint density at radius 2 is 1.90 bits per heavy atom. The van der Waals surface area contributed by atoms with Crippen molar-refractivity contribution in [3.8, 4) is 5.75 Å². The van der Waals surface area contributed by atoms with Gasteiger partial charge >= 0.3 is 0 Å². The number of ether oxygens (including phenoxy) is 1. The summed E-state index contributed by atoms with van der Waals surface area (Å²) in [6, 6.07) is 11.9. The molecule has 0 aliphatic carbocycles. The second-order valence-electron chi connectivity index (χ2n) is 7.94. The van der Waals surface area contributed by atoms with Crippen molar-refractivity contribution < 1.29 is 18.7 Å². The molecule has 2 N–H and O–H groups in total. The van der Waals surface area contributed by atoms with E-state index in [9.17, 15) is 14.0 Å². The number of benzene rings is 2. The lowest BCUT2D eigenvalue weighted by Gasteiger charge is -2.36. The normalized spacial score (nSPS) is 18.7. The molecule has 0 bridgehead atoms. The van der Waals surface area contributed by atoms with Crippen LogP contribution >= 0.6 is 0 Å². The summed E-state index contributed by atoms with van der Waals surface area (Å²) in [6.07, 6.45) is 0.977. The number of hydrogen-bond donors (Lipinski definition) is 2. The highest BCUT2D eigenvalue weighted by Gasteiger charge is 2.28. The average Bonchev–Trinajstić information content (AvgIpc) is 2.75. The second-order valence-corrected chi connectivity index (χ2v) is 7.94. The van der Waals surface area contributed by atoms with Crippen molar-refractivity contribution >= 4 is 28.9 Å². The summed E-state index contributed by atoms with van der Waals surface area (Å²) < 4.78 is 19.0. The topological polar surface area (TPSA) is 73.9 Å². The van der Waals surface area contributed by atoms with E-state index in [0.717, 1.165) is 44.8 Å². The minimum absolute atomic E-state index is 0.159. The Labute approximate surface area is 181 Å². The molecule has 2 aromatic carbocycles. The summed E-state index contributed by atoms with van der Waals surface area (Å²) in [4.78, 5) is 28.3. The standard InChI is InChI=1S/C23H27FN4O3/c1-16(29)25-18-6-9-21-20(15-18)26-23(30)22(31-21)3-2-10-27-11-13-28(14-12-27)19-7-4-17(24)5-8-19/h4-9,15,22H,2-3,10-14H2,1H3,(H,25,29)(H,26,30). The van der Waals surface area contributed by atoms with Gasteiger partial charge < -0.3 is 20.3 Å². The molecule has 2 heterocycles. The molecule has 0 aromatic heterocycles. The van der Waals surface area contributed by atoms with Crippen molar-refractivity contribution in [2.75, 3.05) is 48.3 Å². The third kappa shape index (κ3) is 5.32. The number of rotatable bonds is 6. The summed E-state index contributed by atoms with van der Waals surface area (Å²) in [5, 5.41) is 5.57. The van der Waals surface area contributed by atoms with Gasteiger partial charge in [-0.3, -0.25) is 14.5 Å². The summed E-state index contributed by atoms with van der Waals surface area (Å²) in [5.41, 5.74) is 2.24. The van der Waals surface area contributed by atoms with E-state index in [2.05, 4.69) is 20.4 Å². The minimum atomic E-state index is -0.514. The fourth-order valence-electron chi connectivity index (χ4n) is 4.00. The van der Waals surface area contributed by atoms with E-state index in [1.165, 1.54) is 19.1 Å².